The van der Waals surface area contributed by atoms with Gasteiger partial charge in [-0.2, -0.15) is 0 Å². The van der Waals surface area contributed by atoms with E-state index in [1.807, 2.05) is 17.0 Å². The molecule has 1 spiro atoms. The Hall–Kier alpha value is -2.25. The first-order valence-electron chi connectivity index (χ1n) is 17.0. The molecule has 5 aliphatic carbocycles. The highest BCUT2D eigenvalue weighted by molar-refractivity contribution is 5.66. The third-order valence-corrected chi connectivity index (χ3v) is 12.3. The second-order valence-corrected chi connectivity index (χ2v) is 16.0. The monoisotopic (exact) mass is 592 g/mol. The first kappa shape index (κ1) is 29.5. The number of benzene rings is 1. The Morgan fingerprint density at radius 2 is 1.81 bits per heavy atom. The number of aliphatic hydroxyl groups excluding tert-OH is 1. The molecule has 7 aliphatic rings. The Labute approximate surface area is 257 Å². The third kappa shape index (κ3) is 5.07. The molecular weight excluding hydrogens is 540 g/mol. The van der Waals surface area contributed by atoms with Crippen LogP contribution in [0, 0.1) is 16.7 Å². The largest absolute Gasteiger partial charge is 0.493 e. The Morgan fingerprint density at radius 1 is 1.07 bits per heavy atom. The van der Waals surface area contributed by atoms with Crippen LogP contribution in [0.15, 0.2) is 24.3 Å². The van der Waals surface area contributed by atoms with Gasteiger partial charge in [-0.25, -0.2) is 4.79 Å². The number of hydrogen-bond donors (Lipinski definition) is 2. The predicted molar refractivity (Wildman–Crippen MR) is 167 cm³/mol. The van der Waals surface area contributed by atoms with Gasteiger partial charge in [0.05, 0.1) is 18.6 Å². The number of hydrogen-bond acceptors (Lipinski definition) is 5. The number of carbonyl (C=O) groups is 1. The normalized spacial score (nSPS) is 38.7. The SMILES string of the molecule is COc1ccc2c3c1O[C@H]1C[C@@H](O)C=C[C@@]31CCN(CCCCCCCN(C(=O)O)[C@]13C[C@@H]4C[C@@](C)(C[C@@](C)(C4)C1)C3)C2. The highest BCUT2D eigenvalue weighted by atomic mass is 16.5. The maximum absolute atomic E-state index is 12.6. The van der Waals surface area contributed by atoms with E-state index in [9.17, 15) is 15.0 Å². The molecule has 7 atom stereocenters. The van der Waals surface area contributed by atoms with Crippen molar-refractivity contribution in [1.29, 1.82) is 0 Å². The number of rotatable bonds is 10. The van der Waals surface area contributed by atoms with E-state index in [0.717, 1.165) is 82.5 Å². The Bertz CT molecular complexity index is 1260. The first-order valence-corrected chi connectivity index (χ1v) is 17.0. The lowest BCUT2D eigenvalue weighted by molar-refractivity contribution is -0.152. The van der Waals surface area contributed by atoms with Crippen LogP contribution in [-0.4, -0.2) is 70.6 Å². The molecule has 4 fully saturated rings. The van der Waals surface area contributed by atoms with E-state index in [1.54, 1.807) is 7.11 Å². The van der Waals surface area contributed by atoms with Crippen molar-refractivity contribution in [3.8, 4) is 11.5 Å². The van der Waals surface area contributed by atoms with Gasteiger partial charge in [-0.05, 0) is 99.3 Å². The van der Waals surface area contributed by atoms with E-state index in [2.05, 4.69) is 30.9 Å². The van der Waals surface area contributed by atoms with E-state index >= 15 is 0 Å². The number of nitrogens with zero attached hydrogens (tertiary/aromatic N) is 2. The molecular formula is C36H52N2O5. The molecule has 7 nitrogen and oxygen atoms in total. The molecule has 1 amide bonds. The van der Waals surface area contributed by atoms with Crippen molar-refractivity contribution in [3.05, 3.63) is 35.4 Å². The molecule has 0 saturated heterocycles. The number of ether oxygens (including phenoxy) is 2. The van der Waals surface area contributed by atoms with Crippen molar-refractivity contribution < 1.29 is 24.5 Å². The average molecular weight is 593 g/mol. The average Bonchev–Trinajstić information content (AvgIpc) is 3.16. The minimum atomic E-state index is -0.697. The Kier molecular flexibility index (Phi) is 7.32. The van der Waals surface area contributed by atoms with Crippen molar-refractivity contribution in [2.45, 2.75) is 127 Å². The number of aliphatic hydroxyl groups is 1. The molecule has 2 N–H and O–H groups in total. The summed E-state index contributed by atoms with van der Waals surface area (Å²) in [6.07, 6.45) is 17.2. The molecule has 43 heavy (non-hydrogen) atoms. The lowest BCUT2D eigenvalue weighted by atomic mass is 9.42. The smallest absolute Gasteiger partial charge is 0.407 e. The van der Waals surface area contributed by atoms with Crippen LogP contribution in [0.1, 0.15) is 108 Å². The van der Waals surface area contributed by atoms with E-state index in [4.69, 9.17) is 9.47 Å². The molecule has 8 rings (SSSR count). The van der Waals surface area contributed by atoms with Crippen molar-refractivity contribution in [2.24, 2.45) is 16.7 Å². The number of methoxy groups -OCH3 is 1. The van der Waals surface area contributed by atoms with E-state index < -0.39 is 12.2 Å². The second-order valence-electron chi connectivity index (χ2n) is 16.0. The second kappa shape index (κ2) is 10.7. The molecule has 0 aromatic heterocycles. The summed E-state index contributed by atoms with van der Waals surface area (Å²) in [7, 11) is 1.70. The standard InChI is InChI=1S/C36H52N2O5/c1-33-18-25-19-34(2,22-33)24-35(20-25,23-33)38(32(40)41)15-8-6-4-5-7-14-37-16-13-36-12-11-27(39)17-29(36)43-31-28(42-3)10-9-26(21-37)30(31)36/h9-12,25,27,29,39H,4-8,13-24H2,1-3H3,(H,40,41)/t25-,27-,29-,33+,34-,35+,36-/m0/s1. The van der Waals surface area contributed by atoms with E-state index in [-0.39, 0.29) is 17.1 Å². The summed E-state index contributed by atoms with van der Waals surface area (Å²) in [4.78, 5) is 17.1. The molecule has 236 valence electrons. The van der Waals surface area contributed by atoms with Gasteiger partial charge in [-0.1, -0.05) is 51.3 Å². The fourth-order valence-corrected chi connectivity index (χ4v) is 11.5. The van der Waals surface area contributed by atoms with Gasteiger partial charge >= 0.3 is 6.09 Å². The fraction of sp³-hybridized carbons (Fsp3) is 0.750. The molecule has 7 heteroatoms. The summed E-state index contributed by atoms with van der Waals surface area (Å²) in [5, 5.41) is 20.7. The molecule has 1 aromatic rings. The maximum Gasteiger partial charge on any atom is 0.407 e. The van der Waals surface area contributed by atoms with Crippen LogP contribution < -0.4 is 9.47 Å². The van der Waals surface area contributed by atoms with Crippen molar-refractivity contribution in [1.82, 2.24) is 9.80 Å². The summed E-state index contributed by atoms with van der Waals surface area (Å²) in [6.45, 7) is 8.53. The van der Waals surface area contributed by atoms with Crippen molar-refractivity contribution >= 4 is 6.09 Å². The summed E-state index contributed by atoms with van der Waals surface area (Å²) in [5.41, 5.74) is 2.92. The minimum absolute atomic E-state index is 0.0491. The van der Waals surface area contributed by atoms with Gasteiger partial charge in [0, 0.05) is 30.6 Å². The van der Waals surface area contributed by atoms with Gasteiger partial charge in [-0.15, -0.1) is 0 Å². The Balaban J connectivity index is 0.917. The van der Waals surface area contributed by atoms with Gasteiger partial charge in [-0.3, -0.25) is 4.90 Å². The van der Waals surface area contributed by atoms with Crippen LogP contribution in [0.5, 0.6) is 11.5 Å². The van der Waals surface area contributed by atoms with E-state index in [0.29, 0.717) is 29.7 Å². The lowest BCUT2D eigenvalue weighted by Gasteiger charge is -2.67. The topological polar surface area (TPSA) is 82.5 Å². The number of carboxylic acid groups (broad SMARTS) is 1. The third-order valence-electron chi connectivity index (χ3n) is 12.3. The fourth-order valence-electron chi connectivity index (χ4n) is 11.5. The van der Waals surface area contributed by atoms with E-state index in [1.165, 1.54) is 36.8 Å². The van der Waals surface area contributed by atoms with Crippen LogP contribution in [0.3, 0.4) is 0 Å². The summed E-state index contributed by atoms with van der Waals surface area (Å²) in [6, 6.07) is 4.24. The molecule has 4 bridgehead atoms. The number of unbranched alkanes of at least 4 members (excludes halogenated alkanes) is 4. The summed E-state index contributed by atoms with van der Waals surface area (Å²) < 4.78 is 12.1. The summed E-state index contributed by atoms with van der Waals surface area (Å²) >= 11 is 0. The van der Waals surface area contributed by atoms with Crippen LogP contribution >= 0.6 is 0 Å². The van der Waals surface area contributed by atoms with Gasteiger partial charge in [0.2, 0.25) is 0 Å². The zero-order chi connectivity index (χ0) is 30.0. The van der Waals surface area contributed by atoms with Crippen molar-refractivity contribution in [2.75, 3.05) is 26.7 Å². The predicted octanol–water partition coefficient (Wildman–Crippen LogP) is 6.90. The van der Waals surface area contributed by atoms with Crippen LogP contribution in [-0.2, 0) is 12.0 Å². The van der Waals surface area contributed by atoms with Crippen molar-refractivity contribution in [3.63, 3.8) is 0 Å². The zero-order valence-electron chi connectivity index (χ0n) is 26.6. The maximum atomic E-state index is 12.6. The van der Waals surface area contributed by atoms with Gasteiger partial charge in [0.1, 0.15) is 6.10 Å². The minimum Gasteiger partial charge on any atom is -0.493 e. The number of amides is 1. The molecule has 0 radical (unpaired) electrons. The lowest BCUT2D eigenvalue weighted by Crippen LogP contribution is -2.66. The molecule has 4 saturated carbocycles. The van der Waals surface area contributed by atoms with Crippen LogP contribution in [0.25, 0.3) is 0 Å². The summed E-state index contributed by atoms with van der Waals surface area (Å²) in [5.74, 6) is 2.37. The molecule has 2 heterocycles. The Morgan fingerprint density at radius 3 is 2.53 bits per heavy atom. The quantitative estimate of drug-likeness (QED) is 0.227. The first-order chi connectivity index (χ1) is 20.6. The molecule has 0 unspecified atom stereocenters. The highest BCUT2D eigenvalue weighted by Crippen LogP contribution is 2.67. The highest BCUT2D eigenvalue weighted by Gasteiger charge is 2.62. The molecule has 1 aromatic carbocycles. The molecule has 2 aliphatic heterocycles. The van der Waals surface area contributed by atoms with Gasteiger partial charge in [0.15, 0.2) is 11.5 Å². The zero-order valence-corrected chi connectivity index (χ0v) is 26.6. The van der Waals surface area contributed by atoms with Crippen LogP contribution in [0.4, 0.5) is 4.79 Å². The van der Waals surface area contributed by atoms with Gasteiger partial charge < -0.3 is 24.6 Å². The van der Waals surface area contributed by atoms with Gasteiger partial charge in [0.25, 0.3) is 0 Å². The van der Waals surface area contributed by atoms with Crippen LogP contribution in [0.2, 0.25) is 0 Å².